The molecule has 0 aromatic carbocycles. The largest absolute Gasteiger partial charge is 0.441 e. The van der Waals surface area contributed by atoms with Crippen molar-refractivity contribution in [2.24, 2.45) is 0 Å². The number of H-pyrrole nitrogens is 1. The lowest BCUT2D eigenvalue weighted by Gasteiger charge is -2.24. The molecule has 2 amide bonds. The maximum absolute atomic E-state index is 12.5. The summed E-state index contributed by atoms with van der Waals surface area (Å²) in [5.41, 5.74) is -0.959. The predicted octanol–water partition coefficient (Wildman–Crippen LogP) is 1.13. The van der Waals surface area contributed by atoms with Crippen LogP contribution in [0.1, 0.15) is 29.6 Å². The van der Waals surface area contributed by atoms with E-state index in [-0.39, 0.29) is 11.5 Å². The van der Waals surface area contributed by atoms with Crippen molar-refractivity contribution < 1.29 is 14.3 Å². The van der Waals surface area contributed by atoms with Gasteiger partial charge in [-0.15, -0.1) is 0 Å². The molecule has 2 fully saturated rings. The van der Waals surface area contributed by atoms with Crippen LogP contribution in [-0.2, 0) is 4.74 Å². The number of likely N-dealkylation sites (tertiary alicyclic amines) is 1. The second-order valence-corrected chi connectivity index (χ2v) is 6.07. The Morgan fingerprint density at radius 2 is 2.14 bits per heavy atom. The van der Waals surface area contributed by atoms with Crippen molar-refractivity contribution in [2.45, 2.75) is 24.9 Å². The first-order valence-corrected chi connectivity index (χ1v) is 7.51. The molecular formula is C14H16ClN3O4. The average molecular weight is 326 g/mol. The second kappa shape index (κ2) is 5.64. The zero-order valence-electron chi connectivity index (χ0n) is 11.9. The van der Waals surface area contributed by atoms with Crippen molar-refractivity contribution in [3.8, 4) is 0 Å². The number of alkyl carbamates (subject to hydrolysis) is 1. The fourth-order valence-corrected chi connectivity index (χ4v) is 3.10. The molecule has 1 aromatic heterocycles. The van der Waals surface area contributed by atoms with Gasteiger partial charge in [0.15, 0.2) is 0 Å². The van der Waals surface area contributed by atoms with Crippen LogP contribution in [0.5, 0.6) is 0 Å². The molecule has 0 unspecified atom stereocenters. The molecule has 8 heteroatoms. The molecule has 2 aliphatic rings. The first-order valence-electron chi connectivity index (χ1n) is 7.13. The predicted molar refractivity (Wildman–Crippen MR) is 79.0 cm³/mol. The van der Waals surface area contributed by atoms with Gasteiger partial charge in [0.05, 0.1) is 11.6 Å². The number of pyridine rings is 1. The Morgan fingerprint density at radius 1 is 1.32 bits per heavy atom. The van der Waals surface area contributed by atoms with Gasteiger partial charge in [-0.2, -0.15) is 0 Å². The molecule has 3 heterocycles. The Labute approximate surface area is 131 Å². The summed E-state index contributed by atoms with van der Waals surface area (Å²) in [6.45, 7) is 1.41. The van der Waals surface area contributed by atoms with E-state index in [9.17, 15) is 14.4 Å². The van der Waals surface area contributed by atoms with Crippen LogP contribution in [0.15, 0.2) is 17.1 Å². The summed E-state index contributed by atoms with van der Waals surface area (Å²) in [4.78, 5) is 39.6. The van der Waals surface area contributed by atoms with Gasteiger partial charge in [-0.3, -0.25) is 9.59 Å². The molecule has 0 aliphatic carbocycles. The van der Waals surface area contributed by atoms with Crippen molar-refractivity contribution in [3.63, 3.8) is 0 Å². The first-order chi connectivity index (χ1) is 10.5. The number of carbonyl (C=O) groups is 2. The maximum Gasteiger partial charge on any atom is 0.407 e. The van der Waals surface area contributed by atoms with Crippen LogP contribution >= 0.6 is 11.6 Å². The number of amides is 2. The highest BCUT2D eigenvalue weighted by Crippen LogP contribution is 2.29. The third-order valence-electron chi connectivity index (χ3n) is 4.15. The molecule has 7 nitrogen and oxygen atoms in total. The first kappa shape index (κ1) is 14.9. The molecule has 0 bridgehead atoms. The van der Waals surface area contributed by atoms with Crippen LogP contribution in [0.4, 0.5) is 4.79 Å². The molecule has 22 heavy (non-hydrogen) atoms. The molecule has 118 valence electrons. The number of nitrogens with one attached hydrogen (secondary N) is 2. The molecule has 1 aromatic rings. The van der Waals surface area contributed by atoms with Gasteiger partial charge >= 0.3 is 6.09 Å². The summed E-state index contributed by atoms with van der Waals surface area (Å²) < 4.78 is 5.37. The molecule has 0 saturated carbocycles. The summed E-state index contributed by atoms with van der Waals surface area (Å²) >= 11 is 5.84. The Kier molecular flexibility index (Phi) is 3.82. The van der Waals surface area contributed by atoms with Gasteiger partial charge in [0, 0.05) is 25.7 Å². The Balaban J connectivity index is 1.76. The lowest BCUT2D eigenvalue weighted by Crippen LogP contribution is -2.38. The van der Waals surface area contributed by atoms with Crippen LogP contribution in [0.2, 0.25) is 5.02 Å². The Hall–Kier alpha value is -2.02. The number of hydrogen-bond donors (Lipinski definition) is 2. The van der Waals surface area contributed by atoms with E-state index in [1.54, 1.807) is 4.90 Å². The number of nitrogens with zero attached hydrogens (tertiary/aromatic N) is 1. The topological polar surface area (TPSA) is 91.5 Å². The summed E-state index contributed by atoms with van der Waals surface area (Å²) in [7, 11) is 0. The molecule has 0 radical (unpaired) electrons. The highest BCUT2D eigenvalue weighted by molar-refractivity contribution is 6.30. The van der Waals surface area contributed by atoms with Gasteiger partial charge in [-0.1, -0.05) is 11.6 Å². The molecule has 1 spiro atoms. The van der Waals surface area contributed by atoms with Crippen molar-refractivity contribution in [3.05, 3.63) is 33.2 Å². The molecule has 2 aliphatic heterocycles. The van der Waals surface area contributed by atoms with Crippen LogP contribution in [0, 0.1) is 0 Å². The van der Waals surface area contributed by atoms with Gasteiger partial charge < -0.3 is 19.9 Å². The monoisotopic (exact) mass is 325 g/mol. The number of hydrogen-bond acceptors (Lipinski definition) is 4. The highest BCUT2D eigenvalue weighted by Gasteiger charge is 2.42. The van der Waals surface area contributed by atoms with Crippen molar-refractivity contribution in [2.75, 3.05) is 19.6 Å². The van der Waals surface area contributed by atoms with E-state index in [0.717, 1.165) is 0 Å². The van der Waals surface area contributed by atoms with Crippen LogP contribution in [0.3, 0.4) is 0 Å². The van der Waals surface area contributed by atoms with Crippen LogP contribution in [0.25, 0.3) is 0 Å². The number of carbonyl (C=O) groups excluding carboxylic acids is 2. The summed E-state index contributed by atoms with van der Waals surface area (Å²) in [5, 5.41) is 2.97. The molecular weight excluding hydrogens is 310 g/mol. The minimum atomic E-state index is -0.535. The fraction of sp³-hybridized carbons (Fsp3) is 0.500. The Bertz CT molecular complexity index is 674. The van der Waals surface area contributed by atoms with Crippen molar-refractivity contribution in [1.82, 2.24) is 15.2 Å². The number of aromatic amines is 1. The minimum absolute atomic E-state index is 0.0324. The maximum atomic E-state index is 12.5. The lowest BCUT2D eigenvalue weighted by molar-refractivity contribution is 0.0438. The summed E-state index contributed by atoms with van der Waals surface area (Å²) in [6, 6.07) is 1.38. The fourth-order valence-electron chi connectivity index (χ4n) is 2.94. The van der Waals surface area contributed by atoms with E-state index in [1.807, 2.05) is 0 Å². The quantitative estimate of drug-likeness (QED) is 0.809. The number of halogens is 1. The zero-order chi connectivity index (χ0) is 15.7. The third-order valence-corrected chi connectivity index (χ3v) is 4.37. The molecule has 2 saturated heterocycles. The average Bonchev–Trinajstić information content (AvgIpc) is 2.73. The normalized spacial score (nSPS) is 24.8. The minimum Gasteiger partial charge on any atom is -0.441 e. The van der Waals surface area contributed by atoms with Gasteiger partial charge in [-0.05, 0) is 18.9 Å². The number of ether oxygens (including phenoxy) is 1. The zero-order valence-corrected chi connectivity index (χ0v) is 12.6. The summed E-state index contributed by atoms with van der Waals surface area (Å²) in [5.74, 6) is -0.349. The number of rotatable bonds is 1. The van der Waals surface area contributed by atoms with E-state index < -0.39 is 17.3 Å². The van der Waals surface area contributed by atoms with E-state index in [2.05, 4.69) is 10.3 Å². The number of aromatic nitrogens is 1. The van der Waals surface area contributed by atoms with E-state index in [1.165, 1.54) is 12.3 Å². The third kappa shape index (κ3) is 2.81. The van der Waals surface area contributed by atoms with E-state index >= 15 is 0 Å². The van der Waals surface area contributed by atoms with E-state index in [0.29, 0.717) is 43.9 Å². The highest BCUT2D eigenvalue weighted by atomic mass is 35.5. The van der Waals surface area contributed by atoms with Crippen molar-refractivity contribution in [1.29, 1.82) is 0 Å². The lowest BCUT2D eigenvalue weighted by atomic mass is 9.95. The van der Waals surface area contributed by atoms with Gasteiger partial charge in [0.2, 0.25) is 0 Å². The van der Waals surface area contributed by atoms with Crippen LogP contribution < -0.4 is 10.9 Å². The molecule has 2 N–H and O–H groups in total. The second-order valence-electron chi connectivity index (χ2n) is 5.63. The van der Waals surface area contributed by atoms with Gasteiger partial charge in [0.25, 0.3) is 11.5 Å². The SMILES string of the molecule is O=C1NC[C@@]2(CCCN(C(=O)c3cc(Cl)c[nH]c3=O)CC2)O1. The van der Waals surface area contributed by atoms with Crippen molar-refractivity contribution >= 4 is 23.6 Å². The molecule has 3 rings (SSSR count). The smallest absolute Gasteiger partial charge is 0.407 e. The van der Waals surface area contributed by atoms with Gasteiger partial charge in [0.1, 0.15) is 11.2 Å². The summed E-state index contributed by atoms with van der Waals surface area (Å²) in [6.07, 6.45) is 2.89. The van der Waals surface area contributed by atoms with Crippen LogP contribution in [-0.4, -0.2) is 47.1 Å². The standard InChI is InChI=1S/C14H16ClN3O4/c15-9-6-10(11(19)16-7-9)12(20)18-4-1-2-14(3-5-18)8-17-13(21)22-14/h6-7H,1-5,8H2,(H,16,19)(H,17,21)/t14-/m0/s1. The molecule has 1 atom stereocenters. The van der Waals surface area contributed by atoms with E-state index in [4.69, 9.17) is 16.3 Å². The van der Waals surface area contributed by atoms with Gasteiger partial charge in [-0.25, -0.2) is 4.79 Å². The Morgan fingerprint density at radius 3 is 2.86 bits per heavy atom.